The zero-order valence-electron chi connectivity index (χ0n) is 17.2. The molecule has 0 aromatic heterocycles. The van der Waals surface area contributed by atoms with E-state index in [9.17, 15) is 0 Å². The number of morpholine rings is 1. The van der Waals surface area contributed by atoms with E-state index in [2.05, 4.69) is 18.7 Å². The Hall–Kier alpha value is -0.200. The molecule has 2 bridgehead atoms. The SMILES string of the molecule is CC1CC2CC(C)CC(C1)C21OOC2(CCC(CN3CCOCC3)CC2)O1. The summed E-state index contributed by atoms with van der Waals surface area (Å²) >= 11 is 0. The molecule has 27 heavy (non-hydrogen) atoms. The van der Waals surface area contributed by atoms with E-state index in [-0.39, 0.29) is 0 Å². The molecule has 0 amide bonds. The summed E-state index contributed by atoms with van der Waals surface area (Å²) in [6, 6.07) is 0. The van der Waals surface area contributed by atoms with E-state index in [0.717, 1.165) is 56.9 Å². The van der Waals surface area contributed by atoms with Crippen molar-refractivity contribution < 1.29 is 19.2 Å². The van der Waals surface area contributed by atoms with E-state index in [0.29, 0.717) is 11.8 Å². The van der Waals surface area contributed by atoms with Crippen LogP contribution in [0.25, 0.3) is 0 Å². The molecule has 5 fully saturated rings. The van der Waals surface area contributed by atoms with Crippen LogP contribution in [0.3, 0.4) is 0 Å². The first-order chi connectivity index (χ1) is 13.1. The molecule has 5 heteroatoms. The largest absolute Gasteiger partial charge is 0.379 e. The predicted octanol–water partition coefficient (Wildman–Crippen LogP) is 3.97. The van der Waals surface area contributed by atoms with Gasteiger partial charge in [-0.1, -0.05) is 13.8 Å². The monoisotopic (exact) mass is 379 g/mol. The fourth-order valence-corrected chi connectivity index (χ4v) is 6.72. The Morgan fingerprint density at radius 1 is 0.852 bits per heavy atom. The summed E-state index contributed by atoms with van der Waals surface area (Å²) in [7, 11) is 0. The molecule has 5 rings (SSSR count). The van der Waals surface area contributed by atoms with E-state index in [4.69, 9.17) is 19.2 Å². The maximum atomic E-state index is 6.84. The molecule has 2 aliphatic heterocycles. The number of ether oxygens (including phenoxy) is 2. The van der Waals surface area contributed by atoms with Crippen molar-refractivity contribution in [1.82, 2.24) is 4.90 Å². The first-order valence-electron chi connectivity index (χ1n) is 11.4. The van der Waals surface area contributed by atoms with Crippen LogP contribution in [0.2, 0.25) is 0 Å². The van der Waals surface area contributed by atoms with Crippen molar-refractivity contribution in [3.8, 4) is 0 Å². The van der Waals surface area contributed by atoms with Crippen LogP contribution in [0.15, 0.2) is 0 Å². The highest BCUT2D eigenvalue weighted by atomic mass is 17.3. The van der Waals surface area contributed by atoms with Gasteiger partial charge < -0.3 is 9.47 Å². The molecule has 3 aliphatic carbocycles. The van der Waals surface area contributed by atoms with Gasteiger partial charge in [0.15, 0.2) is 0 Å². The van der Waals surface area contributed by atoms with Gasteiger partial charge >= 0.3 is 0 Å². The normalized spacial score (nSPS) is 51.1. The average molecular weight is 380 g/mol. The van der Waals surface area contributed by atoms with Crippen LogP contribution >= 0.6 is 0 Å². The Labute approximate surface area is 164 Å². The first kappa shape index (κ1) is 18.8. The smallest absolute Gasteiger partial charge is 0.210 e. The lowest BCUT2D eigenvalue weighted by molar-refractivity contribution is -0.385. The average Bonchev–Trinajstić information content (AvgIpc) is 3.01. The molecule has 0 unspecified atom stereocenters. The zero-order valence-corrected chi connectivity index (χ0v) is 17.2. The van der Waals surface area contributed by atoms with Crippen molar-refractivity contribution in [2.45, 2.75) is 76.8 Å². The van der Waals surface area contributed by atoms with Crippen LogP contribution in [-0.4, -0.2) is 49.3 Å². The maximum absolute atomic E-state index is 6.84. The van der Waals surface area contributed by atoms with Gasteiger partial charge in [-0.05, 0) is 56.3 Å². The van der Waals surface area contributed by atoms with Gasteiger partial charge in [0.1, 0.15) is 0 Å². The summed E-state index contributed by atoms with van der Waals surface area (Å²) in [4.78, 5) is 14.8. The number of rotatable bonds is 2. The van der Waals surface area contributed by atoms with E-state index in [1.807, 2.05) is 0 Å². The second-order valence-electron chi connectivity index (χ2n) is 10.3. The Kier molecular flexibility index (Phi) is 5.05. The molecular formula is C22H37NO4. The Morgan fingerprint density at radius 2 is 1.44 bits per heavy atom. The van der Waals surface area contributed by atoms with Crippen molar-refractivity contribution in [1.29, 1.82) is 0 Å². The quantitative estimate of drug-likeness (QED) is 0.679. The molecular weight excluding hydrogens is 342 g/mol. The number of nitrogens with zero attached hydrogens (tertiary/aromatic N) is 1. The van der Waals surface area contributed by atoms with Crippen LogP contribution in [0.5, 0.6) is 0 Å². The van der Waals surface area contributed by atoms with Gasteiger partial charge in [0, 0.05) is 44.3 Å². The van der Waals surface area contributed by atoms with Crippen molar-refractivity contribution in [3.63, 3.8) is 0 Å². The lowest BCUT2D eigenvalue weighted by Gasteiger charge is -2.51. The van der Waals surface area contributed by atoms with Crippen LogP contribution in [0, 0.1) is 29.6 Å². The molecule has 2 saturated heterocycles. The summed E-state index contributed by atoms with van der Waals surface area (Å²) < 4.78 is 12.3. The molecule has 0 atom stereocenters. The van der Waals surface area contributed by atoms with Gasteiger partial charge in [0.05, 0.1) is 13.2 Å². The topological polar surface area (TPSA) is 40.2 Å². The van der Waals surface area contributed by atoms with Gasteiger partial charge in [0.2, 0.25) is 11.6 Å². The lowest BCUT2D eigenvalue weighted by atomic mass is 9.61. The lowest BCUT2D eigenvalue weighted by Crippen LogP contribution is -2.56. The van der Waals surface area contributed by atoms with Gasteiger partial charge in [-0.15, -0.1) is 0 Å². The first-order valence-corrected chi connectivity index (χ1v) is 11.4. The maximum Gasteiger partial charge on any atom is 0.210 e. The molecule has 5 nitrogen and oxygen atoms in total. The third kappa shape index (κ3) is 3.48. The molecule has 0 aromatic rings. The Bertz CT molecular complexity index is 496. The Morgan fingerprint density at radius 3 is 2.04 bits per heavy atom. The highest BCUT2D eigenvalue weighted by molar-refractivity contribution is 5.01. The van der Waals surface area contributed by atoms with Crippen molar-refractivity contribution in [3.05, 3.63) is 0 Å². The van der Waals surface area contributed by atoms with Gasteiger partial charge in [-0.3, -0.25) is 4.90 Å². The van der Waals surface area contributed by atoms with Gasteiger partial charge in [-0.2, -0.15) is 9.78 Å². The third-order valence-electron chi connectivity index (χ3n) is 8.04. The fraction of sp³-hybridized carbons (Fsp3) is 1.00. The minimum atomic E-state index is -0.473. The minimum absolute atomic E-state index is 0.448. The molecule has 0 radical (unpaired) electrons. The molecule has 2 heterocycles. The highest BCUT2D eigenvalue weighted by Gasteiger charge is 2.64. The van der Waals surface area contributed by atoms with E-state index >= 15 is 0 Å². The second kappa shape index (κ2) is 7.24. The van der Waals surface area contributed by atoms with Crippen LogP contribution in [-0.2, 0) is 19.2 Å². The zero-order chi connectivity index (χ0) is 18.5. The van der Waals surface area contributed by atoms with Crippen molar-refractivity contribution in [2.75, 3.05) is 32.8 Å². The van der Waals surface area contributed by atoms with Gasteiger partial charge in [0.25, 0.3) is 0 Å². The fourth-order valence-electron chi connectivity index (χ4n) is 6.72. The summed E-state index contributed by atoms with van der Waals surface area (Å²) in [6.07, 6.45) is 9.21. The molecule has 0 aromatic carbocycles. The van der Waals surface area contributed by atoms with E-state index in [1.54, 1.807) is 0 Å². The van der Waals surface area contributed by atoms with Crippen LogP contribution in [0.4, 0.5) is 0 Å². The summed E-state index contributed by atoms with van der Waals surface area (Å²) in [5.74, 6) is 2.40. The predicted molar refractivity (Wildman–Crippen MR) is 102 cm³/mol. The highest BCUT2D eigenvalue weighted by Crippen LogP contribution is 2.59. The molecule has 2 spiro atoms. The second-order valence-corrected chi connectivity index (χ2v) is 10.3. The van der Waals surface area contributed by atoms with Crippen molar-refractivity contribution in [2.24, 2.45) is 29.6 Å². The van der Waals surface area contributed by atoms with Gasteiger partial charge in [-0.25, -0.2) is 0 Å². The Balaban J connectivity index is 1.22. The van der Waals surface area contributed by atoms with Crippen LogP contribution in [0.1, 0.15) is 65.2 Å². The summed E-state index contributed by atoms with van der Waals surface area (Å²) in [6.45, 7) is 9.93. The number of hydrogen-bond acceptors (Lipinski definition) is 5. The minimum Gasteiger partial charge on any atom is -0.379 e. The van der Waals surface area contributed by atoms with E-state index < -0.39 is 11.6 Å². The molecule has 5 aliphatic rings. The summed E-state index contributed by atoms with van der Waals surface area (Å²) in [5.41, 5.74) is 0. The molecule has 154 valence electrons. The standard InChI is InChI=1S/C22H37NO4/c1-16-11-19-13-17(2)14-20(12-16)22(19)25-21(26-27-22)5-3-18(4-6-21)15-23-7-9-24-10-8-23/h16-20H,3-15H2,1-2H3. The molecule has 0 N–H and O–H groups in total. The molecule has 3 saturated carbocycles. The van der Waals surface area contributed by atoms with Crippen molar-refractivity contribution >= 4 is 0 Å². The van der Waals surface area contributed by atoms with Crippen LogP contribution < -0.4 is 0 Å². The third-order valence-corrected chi connectivity index (χ3v) is 8.04. The number of hydrogen-bond donors (Lipinski definition) is 0. The van der Waals surface area contributed by atoms with E-state index in [1.165, 1.54) is 45.1 Å². The summed E-state index contributed by atoms with van der Waals surface area (Å²) in [5, 5.41) is 0.